The number of alkyl halides is 2. The van der Waals surface area contributed by atoms with Crippen LogP contribution in [0.1, 0.15) is 72.9 Å². The largest absolute Gasteiger partial charge is 0.487 e. The van der Waals surface area contributed by atoms with Crippen molar-refractivity contribution in [2.24, 2.45) is 0 Å². The van der Waals surface area contributed by atoms with E-state index < -0.39 is 12.0 Å². The second kappa shape index (κ2) is 8.61. The van der Waals surface area contributed by atoms with E-state index in [-0.39, 0.29) is 35.0 Å². The summed E-state index contributed by atoms with van der Waals surface area (Å²) in [6.07, 6.45) is 0.665. The van der Waals surface area contributed by atoms with E-state index in [0.717, 1.165) is 22.2 Å². The molecule has 0 radical (unpaired) electrons. The quantitative estimate of drug-likeness (QED) is 0.543. The van der Waals surface area contributed by atoms with Gasteiger partial charge in [0.2, 0.25) is 0 Å². The van der Waals surface area contributed by atoms with Crippen molar-refractivity contribution < 1.29 is 23.0 Å². The summed E-state index contributed by atoms with van der Waals surface area (Å²) in [4.78, 5) is 19.4. The van der Waals surface area contributed by atoms with E-state index in [1.54, 1.807) is 11.8 Å². The summed E-state index contributed by atoms with van der Waals surface area (Å²) in [6, 6.07) is 9.25. The standard InChI is InChI=1S/C25H28F2N4O3/c1-15(2)33-21-13-25(34-20-7-5-4-6-17(20)21)8-10-30(11-9-25)24(32)18-14-28-31-19(22(26)27)12-16(3)29-23(18)31/h4-7,12,14-15,21-22H,8-11,13H2,1-3H3/t21-/m0/s1. The van der Waals surface area contributed by atoms with Crippen molar-refractivity contribution in [3.8, 4) is 5.75 Å². The van der Waals surface area contributed by atoms with Crippen LogP contribution in [-0.4, -0.2) is 50.2 Å². The second-order valence-corrected chi connectivity index (χ2v) is 9.41. The van der Waals surface area contributed by atoms with E-state index in [4.69, 9.17) is 9.47 Å². The zero-order valence-electron chi connectivity index (χ0n) is 19.5. The Morgan fingerprint density at radius 1 is 1.24 bits per heavy atom. The summed E-state index contributed by atoms with van der Waals surface area (Å²) >= 11 is 0. The van der Waals surface area contributed by atoms with Crippen LogP contribution in [0.15, 0.2) is 36.5 Å². The van der Waals surface area contributed by atoms with Gasteiger partial charge >= 0.3 is 0 Å². The van der Waals surface area contributed by atoms with Gasteiger partial charge in [-0.15, -0.1) is 0 Å². The highest BCUT2D eigenvalue weighted by molar-refractivity contribution is 5.99. The van der Waals surface area contributed by atoms with Crippen molar-refractivity contribution in [2.75, 3.05) is 13.1 Å². The van der Waals surface area contributed by atoms with Crippen LogP contribution in [-0.2, 0) is 4.74 Å². The second-order valence-electron chi connectivity index (χ2n) is 9.41. The number of rotatable bonds is 4. The molecule has 180 valence electrons. The molecule has 7 nitrogen and oxygen atoms in total. The van der Waals surface area contributed by atoms with E-state index in [1.807, 2.05) is 38.1 Å². The summed E-state index contributed by atoms with van der Waals surface area (Å²) in [7, 11) is 0. The number of ether oxygens (including phenoxy) is 2. The molecule has 1 aromatic carbocycles. The predicted molar refractivity (Wildman–Crippen MR) is 121 cm³/mol. The fourth-order valence-corrected chi connectivity index (χ4v) is 5.03. The molecule has 0 aliphatic carbocycles. The maximum Gasteiger partial charge on any atom is 0.280 e. The third-order valence-electron chi connectivity index (χ3n) is 6.63. The fraction of sp³-hybridized carbons (Fsp3) is 0.480. The minimum Gasteiger partial charge on any atom is -0.487 e. The third kappa shape index (κ3) is 4.02. The average molecular weight is 471 g/mol. The summed E-state index contributed by atoms with van der Waals surface area (Å²) in [5.74, 6) is 0.579. The zero-order valence-corrected chi connectivity index (χ0v) is 19.5. The zero-order chi connectivity index (χ0) is 24.0. The molecule has 2 aromatic heterocycles. The number of fused-ring (bicyclic) bond motifs is 2. The van der Waals surface area contributed by atoms with Crippen LogP contribution in [0.25, 0.3) is 5.65 Å². The Balaban J connectivity index is 1.36. The van der Waals surface area contributed by atoms with Crippen LogP contribution in [0.4, 0.5) is 8.78 Å². The molecule has 1 saturated heterocycles. The van der Waals surface area contributed by atoms with E-state index in [1.165, 1.54) is 12.3 Å². The van der Waals surface area contributed by atoms with Crippen LogP contribution in [0.3, 0.4) is 0 Å². The Morgan fingerprint density at radius 3 is 2.68 bits per heavy atom. The number of hydrogen-bond acceptors (Lipinski definition) is 5. The molecule has 0 N–H and O–H groups in total. The number of aryl methyl sites for hydroxylation is 1. The van der Waals surface area contributed by atoms with Crippen molar-refractivity contribution in [3.05, 3.63) is 59.0 Å². The first-order chi connectivity index (χ1) is 16.3. The van der Waals surface area contributed by atoms with Crippen LogP contribution in [0.2, 0.25) is 0 Å². The number of nitrogens with zero attached hydrogens (tertiary/aromatic N) is 4. The highest BCUT2D eigenvalue weighted by atomic mass is 19.3. The number of carbonyl (C=O) groups is 1. The molecule has 5 rings (SSSR count). The van der Waals surface area contributed by atoms with Gasteiger partial charge < -0.3 is 14.4 Å². The molecule has 34 heavy (non-hydrogen) atoms. The van der Waals surface area contributed by atoms with Crippen molar-refractivity contribution in [2.45, 2.75) is 64.3 Å². The van der Waals surface area contributed by atoms with Gasteiger partial charge in [-0.25, -0.2) is 18.3 Å². The first-order valence-electron chi connectivity index (χ1n) is 11.6. The lowest BCUT2D eigenvalue weighted by Crippen LogP contribution is -2.52. The number of likely N-dealkylation sites (tertiary alicyclic amines) is 1. The van der Waals surface area contributed by atoms with Crippen molar-refractivity contribution in [1.82, 2.24) is 19.5 Å². The Morgan fingerprint density at radius 2 is 1.97 bits per heavy atom. The topological polar surface area (TPSA) is 69.0 Å². The fourth-order valence-electron chi connectivity index (χ4n) is 5.03. The molecule has 1 atom stereocenters. The Hall–Kier alpha value is -3.07. The number of amides is 1. The van der Waals surface area contributed by atoms with Crippen LogP contribution < -0.4 is 4.74 Å². The number of piperidine rings is 1. The van der Waals surface area contributed by atoms with Gasteiger partial charge in [-0.3, -0.25) is 4.79 Å². The van der Waals surface area contributed by atoms with Gasteiger partial charge in [-0.05, 0) is 32.9 Å². The molecule has 3 aromatic rings. The minimum absolute atomic E-state index is 0.0632. The number of para-hydroxylation sites is 1. The van der Waals surface area contributed by atoms with Gasteiger partial charge in [-0.2, -0.15) is 5.10 Å². The summed E-state index contributed by atoms with van der Waals surface area (Å²) in [6.45, 7) is 6.65. The lowest BCUT2D eigenvalue weighted by molar-refractivity contribution is -0.0872. The first kappa shape index (κ1) is 22.7. The molecule has 4 heterocycles. The van der Waals surface area contributed by atoms with Crippen LogP contribution in [0.5, 0.6) is 5.75 Å². The van der Waals surface area contributed by atoms with E-state index in [2.05, 4.69) is 10.1 Å². The summed E-state index contributed by atoms with van der Waals surface area (Å²) in [5.41, 5.74) is 1.18. The van der Waals surface area contributed by atoms with Crippen LogP contribution >= 0.6 is 0 Å². The SMILES string of the molecule is Cc1cc(C(F)F)n2ncc(C(=O)N3CCC4(CC3)C[C@H](OC(C)C)c3ccccc3O4)c2n1. The molecular weight excluding hydrogens is 442 g/mol. The molecular formula is C25H28F2N4O3. The third-order valence-corrected chi connectivity index (χ3v) is 6.63. The Kier molecular flexibility index (Phi) is 5.75. The van der Waals surface area contributed by atoms with Crippen LogP contribution in [0, 0.1) is 6.92 Å². The monoisotopic (exact) mass is 470 g/mol. The molecule has 2 aliphatic rings. The average Bonchev–Trinajstić information content (AvgIpc) is 3.21. The van der Waals surface area contributed by atoms with Gasteiger partial charge in [-0.1, -0.05) is 18.2 Å². The lowest BCUT2D eigenvalue weighted by atomic mass is 9.81. The molecule has 0 bridgehead atoms. The molecule has 1 fully saturated rings. The van der Waals surface area contributed by atoms with E-state index in [0.29, 0.717) is 31.6 Å². The summed E-state index contributed by atoms with van der Waals surface area (Å²) in [5, 5.41) is 4.03. The van der Waals surface area contributed by atoms with Crippen molar-refractivity contribution in [1.29, 1.82) is 0 Å². The highest BCUT2D eigenvalue weighted by Crippen LogP contribution is 2.46. The summed E-state index contributed by atoms with van der Waals surface area (Å²) < 4.78 is 40.7. The molecule has 1 amide bonds. The van der Waals surface area contributed by atoms with Gasteiger partial charge in [0.05, 0.1) is 18.4 Å². The van der Waals surface area contributed by atoms with Crippen molar-refractivity contribution >= 4 is 11.6 Å². The van der Waals surface area contributed by atoms with E-state index in [9.17, 15) is 13.6 Å². The first-order valence-corrected chi connectivity index (χ1v) is 11.6. The van der Waals surface area contributed by atoms with Gasteiger partial charge in [0.15, 0.2) is 5.65 Å². The normalized spacial score (nSPS) is 19.6. The molecule has 0 unspecified atom stereocenters. The number of benzene rings is 1. The van der Waals surface area contributed by atoms with Gasteiger partial charge in [0, 0.05) is 43.6 Å². The maximum atomic E-state index is 13.5. The minimum atomic E-state index is -2.71. The molecule has 0 saturated carbocycles. The highest BCUT2D eigenvalue weighted by Gasteiger charge is 2.45. The number of aromatic nitrogens is 3. The number of halogens is 2. The van der Waals surface area contributed by atoms with Crippen molar-refractivity contribution in [3.63, 3.8) is 0 Å². The Bertz CT molecular complexity index is 1220. The van der Waals surface area contributed by atoms with E-state index >= 15 is 0 Å². The smallest absolute Gasteiger partial charge is 0.280 e. The molecule has 9 heteroatoms. The predicted octanol–water partition coefficient (Wildman–Crippen LogP) is 4.90. The lowest BCUT2D eigenvalue weighted by Gasteiger charge is -2.47. The van der Waals surface area contributed by atoms with Gasteiger partial charge in [0.25, 0.3) is 12.3 Å². The van der Waals surface area contributed by atoms with Gasteiger partial charge in [0.1, 0.15) is 22.6 Å². The number of hydrogen-bond donors (Lipinski definition) is 0. The maximum absolute atomic E-state index is 13.5. The number of carbonyl (C=O) groups excluding carboxylic acids is 1. The Labute approximate surface area is 196 Å². The molecule has 1 spiro atoms. The molecule has 2 aliphatic heterocycles.